The Hall–Kier alpha value is -2.05. The Balaban J connectivity index is 1.69. The lowest BCUT2D eigenvalue weighted by molar-refractivity contribution is 0.0934. The van der Waals surface area contributed by atoms with Crippen LogP contribution in [0.1, 0.15) is 35.8 Å². The number of likely N-dealkylation sites (N-methyl/N-ethyl adjacent to an activating group) is 1. The third-order valence-electron chi connectivity index (χ3n) is 4.27. The minimum Gasteiger partial charge on any atom is -0.454 e. The van der Waals surface area contributed by atoms with Gasteiger partial charge in [0.05, 0.1) is 6.04 Å². The minimum absolute atomic E-state index is 0.0966. The van der Waals surface area contributed by atoms with Gasteiger partial charge in [-0.3, -0.25) is 9.69 Å². The van der Waals surface area contributed by atoms with E-state index >= 15 is 0 Å². The summed E-state index contributed by atoms with van der Waals surface area (Å²) in [4.78, 5) is 14.8. The normalized spacial score (nSPS) is 14.0. The second kappa shape index (κ2) is 7.68. The Morgan fingerprint density at radius 1 is 1.25 bits per heavy atom. The molecule has 24 heavy (non-hydrogen) atoms. The van der Waals surface area contributed by atoms with Crippen LogP contribution in [0.4, 0.5) is 0 Å². The summed E-state index contributed by atoms with van der Waals surface area (Å²) in [6.07, 6.45) is 0. The molecule has 6 heteroatoms. The molecule has 1 atom stereocenters. The molecule has 3 rings (SSSR count). The first-order chi connectivity index (χ1) is 11.7. The van der Waals surface area contributed by atoms with Gasteiger partial charge in [-0.05, 0) is 53.7 Å². The highest BCUT2D eigenvalue weighted by molar-refractivity contribution is 7.07. The first-order valence-corrected chi connectivity index (χ1v) is 9.11. The van der Waals surface area contributed by atoms with E-state index in [0.717, 1.165) is 13.1 Å². The third kappa shape index (κ3) is 3.55. The lowest BCUT2D eigenvalue weighted by atomic mass is 10.1. The number of benzene rings is 1. The summed E-state index contributed by atoms with van der Waals surface area (Å²) in [5.41, 5.74) is 1.83. The van der Waals surface area contributed by atoms with E-state index in [9.17, 15) is 4.79 Å². The van der Waals surface area contributed by atoms with Crippen LogP contribution >= 0.6 is 11.3 Å². The van der Waals surface area contributed by atoms with Crippen molar-refractivity contribution in [1.82, 2.24) is 10.2 Å². The molecule has 1 aromatic heterocycles. The molecule has 0 saturated heterocycles. The highest BCUT2D eigenvalue weighted by atomic mass is 32.1. The molecular formula is C18H22N2O3S. The van der Waals surface area contributed by atoms with Crippen LogP contribution in [0.3, 0.4) is 0 Å². The van der Waals surface area contributed by atoms with Gasteiger partial charge in [-0.1, -0.05) is 13.8 Å². The maximum atomic E-state index is 12.5. The van der Waals surface area contributed by atoms with Crippen molar-refractivity contribution in [1.29, 1.82) is 0 Å². The molecule has 1 aliphatic rings. The van der Waals surface area contributed by atoms with Gasteiger partial charge in [-0.2, -0.15) is 11.3 Å². The molecule has 5 nitrogen and oxygen atoms in total. The largest absolute Gasteiger partial charge is 0.454 e. The zero-order valence-corrected chi connectivity index (χ0v) is 14.8. The summed E-state index contributed by atoms with van der Waals surface area (Å²) in [7, 11) is 0. The molecule has 0 saturated carbocycles. The molecule has 1 N–H and O–H groups in total. The lowest BCUT2D eigenvalue weighted by Gasteiger charge is -2.29. The quantitative estimate of drug-likeness (QED) is 0.836. The minimum atomic E-state index is -0.0966. The average molecular weight is 346 g/mol. The van der Waals surface area contributed by atoms with Crippen LogP contribution in [0.2, 0.25) is 0 Å². The zero-order valence-electron chi connectivity index (χ0n) is 14.0. The Morgan fingerprint density at radius 3 is 2.75 bits per heavy atom. The van der Waals surface area contributed by atoms with Crippen LogP contribution in [0.5, 0.6) is 11.5 Å². The molecule has 1 aliphatic heterocycles. The standard InChI is InChI=1S/C18H22N2O3S/c1-3-20(4-2)15(14-7-8-24-11-14)10-19-18(21)13-5-6-16-17(9-13)23-12-22-16/h5-9,11,15H,3-4,10,12H2,1-2H3,(H,19,21). The van der Waals surface area contributed by atoms with E-state index in [-0.39, 0.29) is 18.7 Å². The van der Waals surface area contributed by atoms with E-state index in [1.807, 2.05) is 0 Å². The number of nitrogens with one attached hydrogen (secondary N) is 1. The van der Waals surface area contributed by atoms with Crippen molar-refractivity contribution in [3.63, 3.8) is 0 Å². The second-order valence-electron chi connectivity index (χ2n) is 5.57. The van der Waals surface area contributed by atoms with E-state index in [0.29, 0.717) is 23.6 Å². The first-order valence-electron chi connectivity index (χ1n) is 8.17. The maximum absolute atomic E-state index is 12.5. The molecule has 1 amide bonds. The predicted octanol–water partition coefficient (Wildman–Crippen LogP) is 3.29. The molecule has 128 valence electrons. The first kappa shape index (κ1) is 16.8. The van der Waals surface area contributed by atoms with Gasteiger partial charge < -0.3 is 14.8 Å². The number of carbonyl (C=O) groups excluding carboxylic acids is 1. The summed E-state index contributed by atoms with van der Waals surface area (Å²) < 4.78 is 10.6. The van der Waals surface area contributed by atoms with E-state index in [2.05, 4.69) is 40.9 Å². The highest BCUT2D eigenvalue weighted by Gasteiger charge is 2.21. The zero-order chi connectivity index (χ0) is 16.9. The molecule has 0 bridgehead atoms. The van der Waals surface area contributed by atoms with Crippen LogP contribution in [0.25, 0.3) is 0 Å². The van der Waals surface area contributed by atoms with Gasteiger partial charge in [0, 0.05) is 12.1 Å². The fourth-order valence-corrected chi connectivity index (χ4v) is 3.62. The van der Waals surface area contributed by atoms with Gasteiger partial charge in [-0.25, -0.2) is 0 Å². The Bertz CT molecular complexity index is 684. The van der Waals surface area contributed by atoms with E-state index in [4.69, 9.17) is 9.47 Å². The maximum Gasteiger partial charge on any atom is 0.251 e. The van der Waals surface area contributed by atoms with Gasteiger partial charge in [-0.15, -0.1) is 0 Å². The fraction of sp³-hybridized carbons (Fsp3) is 0.389. The number of amides is 1. The van der Waals surface area contributed by atoms with Crippen LogP contribution in [-0.4, -0.2) is 37.2 Å². The van der Waals surface area contributed by atoms with Gasteiger partial charge in [0.15, 0.2) is 11.5 Å². The molecule has 1 aromatic carbocycles. The number of carbonyl (C=O) groups is 1. The number of fused-ring (bicyclic) bond motifs is 1. The number of nitrogens with zero attached hydrogens (tertiary/aromatic N) is 1. The fourth-order valence-electron chi connectivity index (χ4n) is 2.92. The highest BCUT2D eigenvalue weighted by Crippen LogP contribution is 2.32. The number of thiophene rings is 1. The molecule has 0 radical (unpaired) electrons. The molecule has 2 aromatic rings. The van der Waals surface area contributed by atoms with Crippen molar-refractivity contribution in [2.24, 2.45) is 0 Å². The number of rotatable bonds is 7. The average Bonchev–Trinajstić information content (AvgIpc) is 3.28. The van der Waals surface area contributed by atoms with Gasteiger partial charge in [0.2, 0.25) is 6.79 Å². The molecule has 0 fully saturated rings. The van der Waals surface area contributed by atoms with Crippen LogP contribution in [0, 0.1) is 0 Å². The third-order valence-corrected chi connectivity index (χ3v) is 4.97. The van der Waals surface area contributed by atoms with Crippen molar-refractivity contribution in [3.05, 3.63) is 46.2 Å². The Labute approximate surface area is 146 Å². The monoisotopic (exact) mass is 346 g/mol. The summed E-state index contributed by atoms with van der Waals surface area (Å²) in [5, 5.41) is 7.28. The SMILES string of the molecule is CCN(CC)C(CNC(=O)c1ccc2c(c1)OCO2)c1ccsc1. The summed E-state index contributed by atoms with van der Waals surface area (Å²) in [5.74, 6) is 1.22. The van der Waals surface area contributed by atoms with Gasteiger partial charge >= 0.3 is 0 Å². The van der Waals surface area contributed by atoms with Crippen molar-refractivity contribution >= 4 is 17.2 Å². The number of hydrogen-bond donors (Lipinski definition) is 1. The van der Waals surface area contributed by atoms with Crippen LogP contribution in [0.15, 0.2) is 35.0 Å². The number of hydrogen-bond acceptors (Lipinski definition) is 5. The lowest BCUT2D eigenvalue weighted by Crippen LogP contribution is -2.37. The molecule has 0 aliphatic carbocycles. The van der Waals surface area contributed by atoms with Crippen molar-refractivity contribution in [3.8, 4) is 11.5 Å². The van der Waals surface area contributed by atoms with Crippen LogP contribution in [-0.2, 0) is 0 Å². The summed E-state index contributed by atoms with van der Waals surface area (Å²) in [6, 6.07) is 7.58. The summed E-state index contributed by atoms with van der Waals surface area (Å²) in [6.45, 7) is 6.95. The smallest absolute Gasteiger partial charge is 0.251 e. The molecular weight excluding hydrogens is 324 g/mol. The molecule has 1 unspecified atom stereocenters. The van der Waals surface area contributed by atoms with E-state index < -0.39 is 0 Å². The van der Waals surface area contributed by atoms with Crippen LogP contribution < -0.4 is 14.8 Å². The van der Waals surface area contributed by atoms with Gasteiger partial charge in [0.1, 0.15) is 0 Å². The molecule has 0 spiro atoms. The topological polar surface area (TPSA) is 50.8 Å². The van der Waals surface area contributed by atoms with E-state index in [1.54, 1.807) is 29.5 Å². The number of ether oxygens (including phenoxy) is 2. The van der Waals surface area contributed by atoms with Gasteiger partial charge in [0.25, 0.3) is 5.91 Å². The van der Waals surface area contributed by atoms with Crippen molar-refractivity contribution < 1.29 is 14.3 Å². The van der Waals surface area contributed by atoms with Crippen molar-refractivity contribution in [2.45, 2.75) is 19.9 Å². The predicted molar refractivity (Wildman–Crippen MR) is 94.9 cm³/mol. The summed E-state index contributed by atoms with van der Waals surface area (Å²) >= 11 is 1.68. The molecule has 2 heterocycles. The second-order valence-corrected chi connectivity index (χ2v) is 6.35. The van der Waals surface area contributed by atoms with Crippen molar-refractivity contribution in [2.75, 3.05) is 26.4 Å². The Kier molecular flexibility index (Phi) is 5.37. The van der Waals surface area contributed by atoms with E-state index in [1.165, 1.54) is 5.56 Å². The Morgan fingerprint density at radius 2 is 2.04 bits per heavy atom.